The molecule has 13 heteroatoms. The van der Waals surface area contributed by atoms with E-state index in [1.165, 1.54) is 18.0 Å². The van der Waals surface area contributed by atoms with Crippen LogP contribution in [0.3, 0.4) is 0 Å². The Bertz CT molecular complexity index is 1710. The van der Waals surface area contributed by atoms with Crippen molar-refractivity contribution in [2.45, 2.75) is 31.5 Å². The molecule has 4 aromatic rings. The standard InChI is InChI=1S/C31H32N6O7/c1-41-25-12-22-7-5-20(25)13-32-29(38)10-4-19-3-8-24(26(11-19)42-2)43-17-30(39)35-23-15-36(16-27(23)44-22)31(40)21-6-9-28-33-18-34-37(28)14-21/h3,5-9,11-12,14,18,23,27H,4,10,13,15-17H2,1-2H3,(H,32,38)(H,35,39)/t23-,27-/m1/s1. The van der Waals surface area contributed by atoms with Gasteiger partial charge in [-0.2, -0.15) is 5.10 Å². The highest BCUT2D eigenvalue weighted by molar-refractivity contribution is 5.94. The SMILES string of the molecule is COc1cc2ccc1CNC(=O)CCc1ccc(c(OC)c1)OCC(=O)N[C@@H]1CN(C(=O)c3ccc4ncnn4c3)C[C@H]1O2. The number of ether oxygens (including phenoxy) is 4. The van der Waals surface area contributed by atoms with Gasteiger partial charge in [0.15, 0.2) is 23.8 Å². The number of pyridine rings is 1. The van der Waals surface area contributed by atoms with Crippen LogP contribution < -0.4 is 29.6 Å². The fourth-order valence-electron chi connectivity index (χ4n) is 5.36. The molecule has 2 aromatic heterocycles. The lowest BCUT2D eigenvalue weighted by molar-refractivity contribution is -0.124. The minimum absolute atomic E-state index is 0.112. The molecule has 44 heavy (non-hydrogen) atoms. The molecule has 5 aliphatic heterocycles. The Morgan fingerprint density at radius 2 is 1.84 bits per heavy atom. The summed E-state index contributed by atoms with van der Waals surface area (Å²) >= 11 is 0. The Labute approximate surface area is 253 Å². The van der Waals surface area contributed by atoms with Gasteiger partial charge in [-0.25, -0.2) is 9.50 Å². The van der Waals surface area contributed by atoms with Crippen molar-refractivity contribution in [3.05, 3.63) is 77.7 Å². The molecule has 7 heterocycles. The van der Waals surface area contributed by atoms with Crippen LogP contribution in [0.1, 0.15) is 27.9 Å². The van der Waals surface area contributed by atoms with E-state index in [1.54, 1.807) is 54.6 Å². The van der Waals surface area contributed by atoms with E-state index in [0.717, 1.165) is 11.1 Å². The molecule has 1 saturated heterocycles. The smallest absolute Gasteiger partial charge is 0.258 e. The van der Waals surface area contributed by atoms with Crippen LogP contribution in [0.5, 0.6) is 23.0 Å². The first-order valence-electron chi connectivity index (χ1n) is 14.2. The third kappa shape index (κ3) is 6.21. The van der Waals surface area contributed by atoms with Crippen LogP contribution in [0.15, 0.2) is 61.1 Å². The zero-order valence-corrected chi connectivity index (χ0v) is 24.3. The molecular formula is C31H32N6O7. The van der Waals surface area contributed by atoms with Crippen LogP contribution in [0.4, 0.5) is 0 Å². The fraction of sp³-hybridized carbons (Fsp3) is 0.323. The van der Waals surface area contributed by atoms with E-state index in [4.69, 9.17) is 18.9 Å². The average molecular weight is 601 g/mol. The molecule has 228 valence electrons. The molecule has 5 aliphatic rings. The van der Waals surface area contributed by atoms with Gasteiger partial charge in [0.25, 0.3) is 11.8 Å². The summed E-state index contributed by atoms with van der Waals surface area (Å²) in [6, 6.07) is 13.6. The lowest BCUT2D eigenvalue weighted by atomic mass is 10.1. The number of hydrogen-bond acceptors (Lipinski definition) is 9. The first-order valence-corrected chi connectivity index (χ1v) is 14.2. The van der Waals surface area contributed by atoms with Crippen molar-refractivity contribution < 1.29 is 33.3 Å². The van der Waals surface area contributed by atoms with Crippen LogP contribution in [-0.2, 0) is 22.6 Å². The highest BCUT2D eigenvalue weighted by atomic mass is 16.5. The fourth-order valence-corrected chi connectivity index (χ4v) is 5.36. The van der Waals surface area contributed by atoms with Crippen molar-refractivity contribution in [1.29, 1.82) is 0 Å². The molecule has 9 rings (SSSR count). The first kappa shape index (κ1) is 28.8. The van der Waals surface area contributed by atoms with E-state index >= 15 is 0 Å². The van der Waals surface area contributed by atoms with Gasteiger partial charge in [-0.1, -0.05) is 6.07 Å². The molecule has 0 spiro atoms. The largest absolute Gasteiger partial charge is 0.496 e. The number of carbonyl (C=O) groups is 3. The van der Waals surface area contributed by atoms with Crippen molar-refractivity contribution in [3.63, 3.8) is 0 Å². The Hall–Kier alpha value is -5.33. The minimum Gasteiger partial charge on any atom is -0.496 e. The molecule has 2 atom stereocenters. The number of aryl methyl sites for hydroxylation is 1. The van der Waals surface area contributed by atoms with Crippen LogP contribution in [0.2, 0.25) is 0 Å². The van der Waals surface area contributed by atoms with Crippen molar-refractivity contribution in [2.75, 3.05) is 33.9 Å². The van der Waals surface area contributed by atoms with Crippen molar-refractivity contribution in [2.24, 2.45) is 0 Å². The van der Waals surface area contributed by atoms with Crippen LogP contribution in [0.25, 0.3) is 5.65 Å². The molecule has 2 aromatic carbocycles. The number of aromatic nitrogens is 3. The molecular weight excluding hydrogens is 568 g/mol. The van der Waals surface area contributed by atoms with Gasteiger partial charge >= 0.3 is 0 Å². The molecule has 13 nitrogen and oxygen atoms in total. The van der Waals surface area contributed by atoms with Gasteiger partial charge in [-0.15, -0.1) is 0 Å². The lowest BCUT2D eigenvalue weighted by Crippen LogP contribution is -2.46. The monoisotopic (exact) mass is 600 g/mol. The zero-order chi connectivity index (χ0) is 30.6. The maximum atomic E-state index is 13.5. The maximum absolute atomic E-state index is 13.5. The number of fused-ring (bicyclic) bond motifs is 1. The van der Waals surface area contributed by atoms with E-state index in [1.807, 2.05) is 12.1 Å². The normalized spacial score (nSPS) is 19.0. The number of nitrogens with zero attached hydrogens (tertiary/aromatic N) is 4. The van der Waals surface area contributed by atoms with E-state index in [9.17, 15) is 14.4 Å². The Balaban J connectivity index is 1.27. The van der Waals surface area contributed by atoms with E-state index in [-0.39, 0.29) is 50.4 Å². The van der Waals surface area contributed by atoms with Crippen LogP contribution in [0, 0.1) is 0 Å². The van der Waals surface area contributed by atoms with Gasteiger partial charge in [0, 0.05) is 37.3 Å². The number of nitrogens with one attached hydrogen (secondary N) is 2. The third-order valence-corrected chi connectivity index (χ3v) is 7.67. The molecule has 2 N–H and O–H groups in total. The van der Waals surface area contributed by atoms with Gasteiger partial charge in [0.2, 0.25) is 5.91 Å². The number of amides is 3. The number of likely N-dealkylation sites (tertiary alicyclic amines) is 1. The second-order valence-electron chi connectivity index (χ2n) is 10.5. The summed E-state index contributed by atoms with van der Waals surface area (Å²) in [5, 5.41) is 10.1. The molecule has 0 unspecified atom stereocenters. The molecule has 3 amide bonds. The van der Waals surface area contributed by atoms with Crippen molar-refractivity contribution in [1.82, 2.24) is 30.1 Å². The van der Waals surface area contributed by atoms with E-state index in [0.29, 0.717) is 40.6 Å². The number of hydrogen-bond donors (Lipinski definition) is 2. The molecule has 0 radical (unpaired) electrons. The summed E-state index contributed by atoms with van der Waals surface area (Å²) < 4.78 is 24.7. The predicted octanol–water partition coefficient (Wildman–Crippen LogP) is 1.78. The second kappa shape index (κ2) is 12.5. The van der Waals surface area contributed by atoms with Crippen molar-refractivity contribution >= 4 is 23.4 Å². The lowest BCUT2D eigenvalue weighted by Gasteiger charge is -2.22. The minimum atomic E-state index is -0.576. The van der Waals surface area contributed by atoms with Gasteiger partial charge < -0.3 is 34.5 Å². The van der Waals surface area contributed by atoms with Crippen molar-refractivity contribution in [3.8, 4) is 23.0 Å². The zero-order valence-electron chi connectivity index (χ0n) is 24.3. The maximum Gasteiger partial charge on any atom is 0.258 e. The average Bonchev–Trinajstić information content (AvgIpc) is 3.67. The van der Waals surface area contributed by atoms with Crippen LogP contribution in [-0.4, -0.2) is 83.3 Å². The quantitative estimate of drug-likeness (QED) is 0.359. The number of rotatable bonds is 3. The van der Waals surface area contributed by atoms with E-state index in [2.05, 4.69) is 20.7 Å². The highest BCUT2D eigenvalue weighted by Crippen LogP contribution is 2.30. The highest BCUT2D eigenvalue weighted by Gasteiger charge is 2.38. The number of benzene rings is 2. The number of methoxy groups -OCH3 is 2. The molecule has 4 bridgehead atoms. The summed E-state index contributed by atoms with van der Waals surface area (Å²) in [5.41, 5.74) is 2.73. The predicted molar refractivity (Wildman–Crippen MR) is 157 cm³/mol. The number of carbonyl (C=O) groups excluding carboxylic acids is 3. The summed E-state index contributed by atoms with van der Waals surface area (Å²) in [6.07, 6.45) is 3.24. The Morgan fingerprint density at radius 3 is 2.68 bits per heavy atom. The Kier molecular flexibility index (Phi) is 8.17. The molecule has 0 aliphatic carbocycles. The van der Waals surface area contributed by atoms with Gasteiger partial charge in [0.1, 0.15) is 23.9 Å². The summed E-state index contributed by atoms with van der Waals surface area (Å²) in [4.78, 5) is 45.0. The second-order valence-corrected chi connectivity index (χ2v) is 10.5. The van der Waals surface area contributed by atoms with Gasteiger partial charge in [0.05, 0.1) is 32.4 Å². The van der Waals surface area contributed by atoms with E-state index < -0.39 is 12.1 Å². The van der Waals surface area contributed by atoms with Gasteiger partial charge in [-0.05, 0) is 48.4 Å². The summed E-state index contributed by atoms with van der Waals surface area (Å²) in [5.74, 6) is 1.16. The molecule has 0 saturated carbocycles. The van der Waals surface area contributed by atoms with Gasteiger partial charge in [-0.3, -0.25) is 14.4 Å². The molecule has 1 fully saturated rings. The third-order valence-electron chi connectivity index (χ3n) is 7.67. The Morgan fingerprint density at radius 1 is 0.977 bits per heavy atom. The topological polar surface area (TPSA) is 146 Å². The van der Waals surface area contributed by atoms with Crippen LogP contribution >= 0.6 is 0 Å². The summed E-state index contributed by atoms with van der Waals surface area (Å²) in [6.45, 7) is 0.430. The summed E-state index contributed by atoms with van der Waals surface area (Å²) in [7, 11) is 3.06. The first-order chi connectivity index (χ1) is 21.4.